The minimum atomic E-state index is -0.321. The van der Waals surface area contributed by atoms with Crippen LogP contribution in [0.3, 0.4) is 0 Å². The maximum atomic E-state index is 13.4. The number of nitrogens with zero attached hydrogens (tertiary/aromatic N) is 5. The van der Waals surface area contributed by atoms with Gasteiger partial charge in [0, 0.05) is 18.4 Å². The standard InChI is InChI=1S/C22H20FN5O2/c1-3-29-14-28-21(20(26-27-28)16-6-8-17(23)9-7-16)19-12-13-24-22(25-19)30-18-10-4-15(2)5-11-18/h4-13H,3,14H2,1-2H3. The minimum absolute atomic E-state index is 0.200. The van der Waals surface area contributed by atoms with Crippen LogP contribution in [0.25, 0.3) is 22.6 Å². The molecule has 0 unspecified atom stereocenters. The number of aryl methyl sites for hydroxylation is 1. The summed E-state index contributed by atoms with van der Waals surface area (Å²) in [6.45, 7) is 4.63. The molecule has 0 amide bonds. The van der Waals surface area contributed by atoms with E-state index in [1.807, 2.05) is 38.1 Å². The predicted octanol–water partition coefficient (Wildman–Crippen LogP) is 4.64. The van der Waals surface area contributed by atoms with E-state index in [-0.39, 0.29) is 18.6 Å². The lowest BCUT2D eigenvalue weighted by Crippen LogP contribution is -2.07. The number of hydrogen-bond acceptors (Lipinski definition) is 6. The molecule has 0 atom stereocenters. The number of hydrogen-bond donors (Lipinski definition) is 0. The van der Waals surface area contributed by atoms with E-state index < -0.39 is 0 Å². The third-order valence-electron chi connectivity index (χ3n) is 4.38. The highest BCUT2D eigenvalue weighted by molar-refractivity contribution is 5.76. The molecule has 0 bridgehead atoms. The summed E-state index contributed by atoms with van der Waals surface area (Å²) in [6.07, 6.45) is 1.61. The lowest BCUT2D eigenvalue weighted by atomic mass is 10.1. The Morgan fingerprint density at radius 3 is 2.50 bits per heavy atom. The second-order valence-corrected chi connectivity index (χ2v) is 6.55. The lowest BCUT2D eigenvalue weighted by Gasteiger charge is -2.09. The molecule has 0 spiro atoms. The normalized spacial score (nSPS) is 10.9. The zero-order valence-electron chi connectivity index (χ0n) is 16.6. The van der Waals surface area contributed by atoms with E-state index in [0.29, 0.717) is 35.0 Å². The van der Waals surface area contributed by atoms with Gasteiger partial charge in [0.25, 0.3) is 0 Å². The minimum Gasteiger partial charge on any atom is -0.424 e. The summed E-state index contributed by atoms with van der Waals surface area (Å²) in [6, 6.07) is 15.6. The van der Waals surface area contributed by atoms with Gasteiger partial charge in [0.1, 0.15) is 29.7 Å². The van der Waals surface area contributed by atoms with Crippen LogP contribution in [0.5, 0.6) is 11.8 Å². The van der Waals surface area contributed by atoms with E-state index in [1.54, 1.807) is 29.1 Å². The smallest absolute Gasteiger partial charge is 0.322 e. The van der Waals surface area contributed by atoms with Gasteiger partial charge in [-0.25, -0.2) is 14.1 Å². The van der Waals surface area contributed by atoms with Crippen molar-refractivity contribution in [1.82, 2.24) is 25.0 Å². The average molecular weight is 405 g/mol. The van der Waals surface area contributed by atoms with Crippen molar-refractivity contribution in [3.63, 3.8) is 0 Å². The zero-order valence-corrected chi connectivity index (χ0v) is 16.6. The summed E-state index contributed by atoms with van der Waals surface area (Å²) in [5.41, 5.74) is 3.61. The summed E-state index contributed by atoms with van der Waals surface area (Å²) in [5.74, 6) is 0.315. The first kappa shape index (κ1) is 19.7. The summed E-state index contributed by atoms with van der Waals surface area (Å²) in [7, 11) is 0. The van der Waals surface area contributed by atoms with Crippen molar-refractivity contribution in [2.75, 3.05) is 6.61 Å². The molecule has 0 saturated carbocycles. The first-order valence-electron chi connectivity index (χ1n) is 9.49. The zero-order chi connectivity index (χ0) is 20.9. The summed E-state index contributed by atoms with van der Waals surface area (Å²) in [5, 5.41) is 8.48. The second kappa shape index (κ2) is 8.79. The Balaban J connectivity index is 1.73. The molecular weight excluding hydrogens is 385 g/mol. The fraction of sp³-hybridized carbons (Fsp3) is 0.182. The largest absolute Gasteiger partial charge is 0.424 e. The monoisotopic (exact) mass is 405 g/mol. The third-order valence-corrected chi connectivity index (χ3v) is 4.38. The van der Waals surface area contributed by atoms with Crippen LogP contribution in [0.2, 0.25) is 0 Å². The van der Waals surface area contributed by atoms with Gasteiger partial charge in [-0.05, 0) is 56.3 Å². The van der Waals surface area contributed by atoms with Crippen molar-refractivity contribution in [1.29, 1.82) is 0 Å². The number of ether oxygens (including phenoxy) is 2. The fourth-order valence-corrected chi connectivity index (χ4v) is 2.87. The molecule has 30 heavy (non-hydrogen) atoms. The van der Waals surface area contributed by atoms with Crippen molar-refractivity contribution >= 4 is 0 Å². The van der Waals surface area contributed by atoms with Gasteiger partial charge in [-0.3, -0.25) is 0 Å². The highest BCUT2D eigenvalue weighted by Crippen LogP contribution is 2.30. The van der Waals surface area contributed by atoms with Gasteiger partial charge < -0.3 is 9.47 Å². The molecule has 0 N–H and O–H groups in total. The molecular formula is C22H20FN5O2. The number of halogens is 1. The molecule has 0 radical (unpaired) electrons. The summed E-state index contributed by atoms with van der Waals surface area (Å²) >= 11 is 0. The van der Waals surface area contributed by atoms with Gasteiger partial charge >= 0.3 is 6.01 Å². The number of rotatable bonds is 7. The van der Waals surface area contributed by atoms with E-state index in [4.69, 9.17) is 9.47 Å². The molecule has 0 saturated heterocycles. The summed E-state index contributed by atoms with van der Waals surface area (Å²) < 4.78 is 26.3. The fourth-order valence-electron chi connectivity index (χ4n) is 2.87. The van der Waals surface area contributed by atoms with E-state index in [9.17, 15) is 4.39 Å². The van der Waals surface area contributed by atoms with Gasteiger partial charge in [-0.15, -0.1) is 5.10 Å². The van der Waals surface area contributed by atoms with Crippen LogP contribution in [0.4, 0.5) is 4.39 Å². The van der Waals surface area contributed by atoms with Crippen molar-refractivity contribution in [3.05, 3.63) is 72.2 Å². The quantitative estimate of drug-likeness (QED) is 0.446. The van der Waals surface area contributed by atoms with Crippen LogP contribution in [-0.2, 0) is 11.5 Å². The van der Waals surface area contributed by atoms with Gasteiger partial charge in [0.05, 0.1) is 5.69 Å². The molecule has 2 aromatic carbocycles. The molecule has 4 rings (SSSR count). The third kappa shape index (κ3) is 4.33. The molecule has 7 nitrogen and oxygen atoms in total. The molecule has 4 aromatic rings. The lowest BCUT2D eigenvalue weighted by molar-refractivity contribution is 0.0790. The van der Waals surface area contributed by atoms with Crippen LogP contribution < -0.4 is 4.74 Å². The van der Waals surface area contributed by atoms with Crippen LogP contribution in [0.15, 0.2) is 60.8 Å². The molecule has 0 aliphatic carbocycles. The van der Waals surface area contributed by atoms with Gasteiger partial charge in [-0.1, -0.05) is 22.9 Å². The van der Waals surface area contributed by atoms with Crippen molar-refractivity contribution < 1.29 is 13.9 Å². The molecule has 0 aliphatic heterocycles. The molecule has 152 valence electrons. The Labute approximate surface area is 173 Å². The molecule has 0 aliphatic rings. The van der Waals surface area contributed by atoms with E-state index in [1.165, 1.54) is 12.1 Å². The maximum absolute atomic E-state index is 13.4. The maximum Gasteiger partial charge on any atom is 0.322 e. The Morgan fingerprint density at radius 2 is 1.77 bits per heavy atom. The molecule has 0 fully saturated rings. The van der Waals surface area contributed by atoms with Gasteiger partial charge in [-0.2, -0.15) is 4.98 Å². The highest BCUT2D eigenvalue weighted by atomic mass is 19.1. The van der Waals surface area contributed by atoms with Gasteiger partial charge in [0.2, 0.25) is 0 Å². The highest BCUT2D eigenvalue weighted by Gasteiger charge is 2.19. The van der Waals surface area contributed by atoms with E-state index in [0.717, 1.165) is 5.56 Å². The van der Waals surface area contributed by atoms with Crippen LogP contribution in [0.1, 0.15) is 12.5 Å². The Kier molecular flexibility index (Phi) is 5.76. The molecule has 2 heterocycles. The van der Waals surface area contributed by atoms with Crippen LogP contribution >= 0.6 is 0 Å². The van der Waals surface area contributed by atoms with E-state index in [2.05, 4.69) is 20.3 Å². The average Bonchev–Trinajstić information content (AvgIpc) is 3.18. The van der Waals surface area contributed by atoms with E-state index >= 15 is 0 Å². The predicted molar refractivity (Wildman–Crippen MR) is 109 cm³/mol. The number of benzene rings is 2. The van der Waals surface area contributed by atoms with Crippen LogP contribution in [0, 0.1) is 12.7 Å². The second-order valence-electron chi connectivity index (χ2n) is 6.55. The van der Waals surface area contributed by atoms with Crippen molar-refractivity contribution in [3.8, 4) is 34.4 Å². The molecule has 8 heteroatoms. The Morgan fingerprint density at radius 1 is 1.00 bits per heavy atom. The topological polar surface area (TPSA) is 75.0 Å². The molecule has 2 aromatic heterocycles. The first-order valence-corrected chi connectivity index (χ1v) is 9.49. The van der Waals surface area contributed by atoms with Crippen molar-refractivity contribution in [2.24, 2.45) is 0 Å². The first-order chi connectivity index (χ1) is 14.6. The van der Waals surface area contributed by atoms with Gasteiger partial charge in [0.15, 0.2) is 0 Å². The Hall–Kier alpha value is -3.65. The Bertz CT molecular complexity index is 1130. The van der Waals surface area contributed by atoms with Crippen molar-refractivity contribution in [2.45, 2.75) is 20.6 Å². The van der Waals surface area contributed by atoms with Crippen LogP contribution in [-0.4, -0.2) is 31.6 Å². The SMILES string of the molecule is CCOCn1nnc(-c2ccc(F)cc2)c1-c1ccnc(Oc2ccc(C)cc2)n1. The number of aromatic nitrogens is 5. The summed E-state index contributed by atoms with van der Waals surface area (Å²) in [4.78, 5) is 8.75.